The highest BCUT2D eigenvalue weighted by Crippen LogP contribution is 2.48. The summed E-state index contributed by atoms with van der Waals surface area (Å²) in [5, 5.41) is 11.3. The van der Waals surface area contributed by atoms with Gasteiger partial charge in [0.1, 0.15) is 5.60 Å². The quantitative estimate of drug-likeness (QED) is 0.885. The van der Waals surface area contributed by atoms with Gasteiger partial charge in [0.2, 0.25) is 0 Å². The minimum Gasteiger partial charge on any atom is -0.384 e. The molecule has 0 heterocycles. The van der Waals surface area contributed by atoms with Crippen LogP contribution in [0, 0.1) is 0 Å². The number of hydrogen-bond acceptors (Lipinski definition) is 1. The van der Waals surface area contributed by atoms with Gasteiger partial charge in [-0.2, -0.15) is 0 Å². The third-order valence-corrected chi connectivity index (χ3v) is 5.13. The molecule has 0 bridgehead atoms. The highest BCUT2D eigenvalue weighted by molar-refractivity contribution is 5.49. The molecule has 1 N–H and O–H groups in total. The molecular weight excluding hydrogens is 256 g/mol. The van der Waals surface area contributed by atoms with E-state index in [0.29, 0.717) is 0 Å². The summed E-state index contributed by atoms with van der Waals surface area (Å²) in [5.74, 6) is 0.145. The Bertz CT molecular complexity index is 644. The Balaban J connectivity index is 2.12. The van der Waals surface area contributed by atoms with Gasteiger partial charge in [0, 0.05) is 12.3 Å². The van der Waals surface area contributed by atoms with Crippen molar-refractivity contribution in [1.29, 1.82) is 0 Å². The zero-order chi connectivity index (χ0) is 15.0. The van der Waals surface area contributed by atoms with E-state index in [4.69, 9.17) is 0 Å². The zero-order valence-electron chi connectivity index (χ0n) is 13.2. The van der Waals surface area contributed by atoms with E-state index in [1.807, 2.05) is 18.2 Å². The van der Waals surface area contributed by atoms with Gasteiger partial charge in [0.05, 0.1) is 0 Å². The fourth-order valence-electron chi connectivity index (χ4n) is 3.71. The van der Waals surface area contributed by atoms with E-state index in [1.165, 1.54) is 22.3 Å². The van der Waals surface area contributed by atoms with Crippen molar-refractivity contribution in [3.8, 4) is 0 Å². The predicted octanol–water partition coefficient (Wildman–Crippen LogP) is 4.36. The van der Waals surface area contributed by atoms with Crippen LogP contribution in [-0.2, 0) is 24.9 Å². The van der Waals surface area contributed by atoms with Crippen molar-refractivity contribution in [2.45, 2.75) is 51.6 Å². The van der Waals surface area contributed by atoms with Crippen LogP contribution in [-0.4, -0.2) is 5.11 Å². The molecule has 3 rings (SSSR count). The van der Waals surface area contributed by atoms with Gasteiger partial charge in [-0.15, -0.1) is 0 Å². The molecule has 0 amide bonds. The van der Waals surface area contributed by atoms with Gasteiger partial charge in [-0.1, -0.05) is 63.2 Å². The molecule has 0 aromatic heterocycles. The lowest BCUT2D eigenvalue weighted by atomic mass is 9.83. The van der Waals surface area contributed by atoms with Crippen LogP contribution in [0.3, 0.4) is 0 Å². The van der Waals surface area contributed by atoms with Crippen LogP contribution in [0.2, 0.25) is 0 Å². The van der Waals surface area contributed by atoms with Crippen LogP contribution >= 0.6 is 0 Å². The molecule has 0 saturated heterocycles. The molecule has 2 aromatic carbocycles. The zero-order valence-corrected chi connectivity index (χ0v) is 13.2. The largest absolute Gasteiger partial charge is 0.384 e. The molecule has 1 aliphatic carbocycles. The van der Waals surface area contributed by atoms with E-state index < -0.39 is 5.60 Å². The van der Waals surface area contributed by atoms with Gasteiger partial charge in [0.25, 0.3) is 0 Å². The molecule has 0 unspecified atom stereocenters. The second-order valence-corrected chi connectivity index (χ2v) is 6.22. The Morgan fingerprint density at radius 2 is 1.81 bits per heavy atom. The molecule has 2 atom stereocenters. The summed E-state index contributed by atoms with van der Waals surface area (Å²) in [7, 11) is 0. The summed E-state index contributed by atoms with van der Waals surface area (Å²) in [6, 6.07) is 14.8. The van der Waals surface area contributed by atoms with Crippen LogP contribution in [0.25, 0.3) is 0 Å². The molecular formula is C20H24O. The van der Waals surface area contributed by atoms with Gasteiger partial charge in [-0.05, 0) is 40.7 Å². The first-order valence-electron chi connectivity index (χ1n) is 8.02. The third-order valence-electron chi connectivity index (χ3n) is 5.13. The summed E-state index contributed by atoms with van der Waals surface area (Å²) < 4.78 is 0. The predicted molar refractivity (Wildman–Crippen MR) is 87.7 cm³/mol. The molecule has 110 valence electrons. The normalized spacial score (nSPS) is 24.1. The van der Waals surface area contributed by atoms with E-state index >= 15 is 0 Å². The topological polar surface area (TPSA) is 20.2 Å². The van der Waals surface area contributed by atoms with E-state index in [1.54, 1.807) is 0 Å². The fraction of sp³-hybridized carbons (Fsp3) is 0.400. The van der Waals surface area contributed by atoms with Gasteiger partial charge >= 0.3 is 0 Å². The fourth-order valence-corrected chi connectivity index (χ4v) is 3.71. The van der Waals surface area contributed by atoms with E-state index in [2.05, 4.69) is 45.0 Å². The highest BCUT2D eigenvalue weighted by Gasteiger charge is 2.44. The molecule has 1 heteroatoms. The standard InChI is InChI=1S/C20H24O/c1-4-15-11-16(5-2)19-13-20(21,14(3)18(19)12-15)17-9-7-6-8-10-17/h6-12,14,21H,4-5,13H2,1-3H3/t14-,20+/m0/s1. The number of hydrogen-bond donors (Lipinski definition) is 1. The van der Waals surface area contributed by atoms with Gasteiger partial charge < -0.3 is 5.11 Å². The SMILES string of the molecule is CCc1cc(CC)c2c(c1)[C@H](C)[C@@](O)(c1ccccc1)C2. The lowest BCUT2D eigenvalue weighted by Gasteiger charge is -2.28. The maximum absolute atomic E-state index is 11.3. The lowest BCUT2D eigenvalue weighted by molar-refractivity contribution is 0.0249. The highest BCUT2D eigenvalue weighted by atomic mass is 16.3. The number of benzene rings is 2. The second-order valence-electron chi connectivity index (χ2n) is 6.22. The Morgan fingerprint density at radius 1 is 1.10 bits per heavy atom. The molecule has 0 spiro atoms. The van der Waals surface area contributed by atoms with Crippen molar-refractivity contribution in [3.63, 3.8) is 0 Å². The molecule has 21 heavy (non-hydrogen) atoms. The van der Waals surface area contributed by atoms with Crippen molar-refractivity contribution in [3.05, 3.63) is 70.3 Å². The molecule has 1 nitrogen and oxygen atoms in total. The van der Waals surface area contributed by atoms with Crippen LogP contribution in [0.15, 0.2) is 42.5 Å². The lowest BCUT2D eigenvalue weighted by Crippen LogP contribution is -2.29. The summed E-state index contributed by atoms with van der Waals surface area (Å²) in [6.07, 6.45) is 2.82. The van der Waals surface area contributed by atoms with Crippen LogP contribution < -0.4 is 0 Å². The number of aliphatic hydroxyl groups is 1. The van der Waals surface area contributed by atoms with Crippen molar-refractivity contribution in [2.24, 2.45) is 0 Å². The minimum absolute atomic E-state index is 0.145. The maximum atomic E-state index is 11.3. The van der Waals surface area contributed by atoms with Crippen LogP contribution in [0.1, 0.15) is 54.5 Å². The molecule has 1 aliphatic rings. The molecule has 0 aliphatic heterocycles. The van der Waals surface area contributed by atoms with Crippen molar-refractivity contribution in [1.82, 2.24) is 0 Å². The first kappa shape index (κ1) is 14.3. The summed E-state index contributed by atoms with van der Waals surface area (Å²) in [5.41, 5.74) is 5.78. The number of fused-ring (bicyclic) bond motifs is 1. The van der Waals surface area contributed by atoms with E-state index in [9.17, 15) is 5.11 Å². The smallest absolute Gasteiger partial charge is 0.100 e. The molecule has 2 aromatic rings. The minimum atomic E-state index is -0.764. The van der Waals surface area contributed by atoms with Gasteiger partial charge in [-0.3, -0.25) is 0 Å². The first-order valence-corrected chi connectivity index (χ1v) is 8.02. The Kier molecular flexibility index (Phi) is 3.62. The number of rotatable bonds is 3. The van der Waals surface area contributed by atoms with E-state index in [-0.39, 0.29) is 5.92 Å². The summed E-state index contributed by atoms with van der Waals surface area (Å²) in [4.78, 5) is 0. The van der Waals surface area contributed by atoms with Crippen molar-refractivity contribution < 1.29 is 5.11 Å². The van der Waals surface area contributed by atoms with Crippen molar-refractivity contribution >= 4 is 0 Å². The average molecular weight is 280 g/mol. The van der Waals surface area contributed by atoms with Crippen LogP contribution in [0.4, 0.5) is 0 Å². The Morgan fingerprint density at radius 3 is 2.43 bits per heavy atom. The van der Waals surface area contributed by atoms with Gasteiger partial charge in [0.15, 0.2) is 0 Å². The maximum Gasteiger partial charge on any atom is 0.100 e. The Labute approximate surface area is 127 Å². The first-order chi connectivity index (χ1) is 10.1. The Hall–Kier alpha value is -1.60. The number of aryl methyl sites for hydroxylation is 2. The summed E-state index contributed by atoms with van der Waals surface area (Å²) in [6.45, 7) is 6.57. The molecule has 0 fully saturated rings. The van der Waals surface area contributed by atoms with E-state index in [0.717, 1.165) is 24.8 Å². The molecule has 0 radical (unpaired) electrons. The van der Waals surface area contributed by atoms with Crippen LogP contribution in [0.5, 0.6) is 0 Å². The third kappa shape index (κ3) is 2.20. The molecule has 0 saturated carbocycles. The average Bonchev–Trinajstić information content (AvgIpc) is 2.80. The van der Waals surface area contributed by atoms with Gasteiger partial charge in [-0.25, -0.2) is 0 Å². The monoisotopic (exact) mass is 280 g/mol. The summed E-state index contributed by atoms with van der Waals surface area (Å²) >= 11 is 0. The second kappa shape index (κ2) is 5.31. The van der Waals surface area contributed by atoms with Crippen molar-refractivity contribution in [2.75, 3.05) is 0 Å².